The summed E-state index contributed by atoms with van der Waals surface area (Å²) in [7, 11) is 0. The number of furan rings is 1. The summed E-state index contributed by atoms with van der Waals surface area (Å²) in [5.41, 5.74) is 1.09. The van der Waals surface area contributed by atoms with Crippen molar-refractivity contribution < 1.29 is 9.52 Å². The molecule has 0 saturated heterocycles. The van der Waals surface area contributed by atoms with Gasteiger partial charge in [-0.15, -0.1) is 0 Å². The molecule has 0 unspecified atom stereocenters. The molecule has 0 bridgehead atoms. The molecule has 0 saturated carbocycles. The molecule has 2 nitrogen and oxygen atoms in total. The summed E-state index contributed by atoms with van der Waals surface area (Å²) in [6.45, 7) is 2.09. The lowest BCUT2D eigenvalue weighted by molar-refractivity contribution is 0.298. The monoisotopic (exact) mass is 126 g/mol. The standard InChI is InChI=1S/C7H10O2/c1-6-7(2-4-8)3-5-9-6/h3,5,8H,2,4H2,1H3. The highest BCUT2D eigenvalue weighted by Gasteiger charge is 1.97. The molecule has 0 atom stereocenters. The molecular formula is C7H10O2. The molecule has 0 aliphatic carbocycles. The molecule has 1 aromatic heterocycles. The van der Waals surface area contributed by atoms with Crippen LogP contribution < -0.4 is 0 Å². The van der Waals surface area contributed by atoms with Crippen molar-refractivity contribution in [3.63, 3.8) is 0 Å². The van der Waals surface area contributed by atoms with E-state index in [9.17, 15) is 0 Å². The molecule has 1 aromatic rings. The number of hydrogen-bond donors (Lipinski definition) is 1. The van der Waals surface area contributed by atoms with E-state index in [1.54, 1.807) is 6.26 Å². The molecule has 0 radical (unpaired) electrons. The Kier molecular flexibility index (Phi) is 1.90. The summed E-state index contributed by atoms with van der Waals surface area (Å²) < 4.78 is 5.01. The Hall–Kier alpha value is -0.760. The van der Waals surface area contributed by atoms with E-state index in [-0.39, 0.29) is 6.61 Å². The number of aryl methyl sites for hydroxylation is 1. The minimum absolute atomic E-state index is 0.195. The maximum atomic E-state index is 8.52. The normalized spacial score (nSPS) is 10.0. The second kappa shape index (κ2) is 2.69. The minimum atomic E-state index is 0.195. The van der Waals surface area contributed by atoms with Crippen LogP contribution in [0.2, 0.25) is 0 Å². The Morgan fingerprint density at radius 1 is 1.67 bits per heavy atom. The lowest BCUT2D eigenvalue weighted by Gasteiger charge is -1.90. The fraction of sp³-hybridized carbons (Fsp3) is 0.429. The second-order valence-corrected chi connectivity index (χ2v) is 1.98. The van der Waals surface area contributed by atoms with Gasteiger partial charge in [0, 0.05) is 6.61 Å². The molecule has 0 aliphatic heterocycles. The van der Waals surface area contributed by atoms with E-state index in [0.29, 0.717) is 6.42 Å². The SMILES string of the molecule is Cc1occc1CCO. The van der Waals surface area contributed by atoms with E-state index in [4.69, 9.17) is 9.52 Å². The van der Waals surface area contributed by atoms with Crippen LogP contribution in [0.4, 0.5) is 0 Å². The zero-order chi connectivity index (χ0) is 6.69. The van der Waals surface area contributed by atoms with Crippen LogP contribution >= 0.6 is 0 Å². The van der Waals surface area contributed by atoms with Crippen molar-refractivity contribution in [3.05, 3.63) is 23.7 Å². The molecule has 0 aliphatic rings. The first-order valence-electron chi connectivity index (χ1n) is 2.98. The van der Waals surface area contributed by atoms with Gasteiger partial charge in [0.2, 0.25) is 0 Å². The van der Waals surface area contributed by atoms with Crippen molar-refractivity contribution in [1.29, 1.82) is 0 Å². The van der Waals surface area contributed by atoms with Gasteiger partial charge in [-0.2, -0.15) is 0 Å². The summed E-state index contributed by atoms with van der Waals surface area (Å²) in [6.07, 6.45) is 2.34. The van der Waals surface area contributed by atoms with Gasteiger partial charge in [-0.1, -0.05) is 0 Å². The smallest absolute Gasteiger partial charge is 0.103 e. The highest BCUT2D eigenvalue weighted by molar-refractivity contribution is 5.15. The van der Waals surface area contributed by atoms with Gasteiger partial charge in [-0.3, -0.25) is 0 Å². The first kappa shape index (κ1) is 6.36. The van der Waals surface area contributed by atoms with Crippen molar-refractivity contribution in [2.45, 2.75) is 13.3 Å². The van der Waals surface area contributed by atoms with Crippen LogP contribution in [0.5, 0.6) is 0 Å². The third-order valence-electron chi connectivity index (χ3n) is 1.35. The van der Waals surface area contributed by atoms with E-state index < -0.39 is 0 Å². The Morgan fingerprint density at radius 2 is 2.44 bits per heavy atom. The summed E-state index contributed by atoms with van der Waals surface area (Å²) in [5.74, 6) is 0.907. The van der Waals surface area contributed by atoms with Crippen molar-refractivity contribution in [2.24, 2.45) is 0 Å². The highest BCUT2D eigenvalue weighted by Crippen LogP contribution is 2.07. The highest BCUT2D eigenvalue weighted by atomic mass is 16.3. The molecule has 1 heterocycles. The van der Waals surface area contributed by atoms with Crippen LogP contribution in [0.25, 0.3) is 0 Å². The molecule has 0 fully saturated rings. The zero-order valence-electron chi connectivity index (χ0n) is 5.42. The molecule has 1 N–H and O–H groups in total. The van der Waals surface area contributed by atoms with Crippen LogP contribution in [0.1, 0.15) is 11.3 Å². The van der Waals surface area contributed by atoms with Crippen molar-refractivity contribution in [2.75, 3.05) is 6.61 Å². The van der Waals surface area contributed by atoms with E-state index >= 15 is 0 Å². The van der Waals surface area contributed by atoms with Gasteiger partial charge in [0.25, 0.3) is 0 Å². The maximum absolute atomic E-state index is 8.52. The first-order chi connectivity index (χ1) is 4.34. The Labute approximate surface area is 54.1 Å². The van der Waals surface area contributed by atoms with E-state index in [2.05, 4.69) is 0 Å². The van der Waals surface area contributed by atoms with Gasteiger partial charge in [0.05, 0.1) is 6.26 Å². The average molecular weight is 126 g/mol. The molecular weight excluding hydrogens is 116 g/mol. The molecule has 0 aromatic carbocycles. The van der Waals surface area contributed by atoms with Gasteiger partial charge in [0.15, 0.2) is 0 Å². The van der Waals surface area contributed by atoms with Crippen molar-refractivity contribution >= 4 is 0 Å². The largest absolute Gasteiger partial charge is 0.469 e. The van der Waals surface area contributed by atoms with Crippen LogP contribution in [0.15, 0.2) is 16.7 Å². The summed E-state index contributed by atoms with van der Waals surface area (Å²) in [6, 6.07) is 1.88. The summed E-state index contributed by atoms with van der Waals surface area (Å²) in [5, 5.41) is 8.52. The third kappa shape index (κ3) is 1.33. The van der Waals surface area contributed by atoms with Crippen LogP contribution in [-0.4, -0.2) is 11.7 Å². The number of aliphatic hydroxyl groups excluding tert-OH is 1. The van der Waals surface area contributed by atoms with E-state index in [0.717, 1.165) is 11.3 Å². The van der Waals surface area contributed by atoms with E-state index in [1.165, 1.54) is 0 Å². The molecule has 0 spiro atoms. The number of aliphatic hydroxyl groups is 1. The average Bonchev–Trinajstić information content (AvgIpc) is 2.18. The lowest BCUT2D eigenvalue weighted by Crippen LogP contribution is -1.89. The van der Waals surface area contributed by atoms with Gasteiger partial charge in [-0.25, -0.2) is 0 Å². The van der Waals surface area contributed by atoms with Gasteiger partial charge >= 0.3 is 0 Å². The molecule has 1 rings (SSSR count). The number of hydrogen-bond acceptors (Lipinski definition) is 2. The fourth-order valence-electron chi connectivity index (χ4n) is 0.791. The minimum Gasteiger partial charge on any atom is -0.469 e. The summed E-state index contributed by atoms with van der Waals surface area (Å²) in [4.78, 5) is 0. The van der Waals surface area contributed by atoms with Crippen LogP contribution in [0, 0.1) is 6.92 Å². The van der Waals surface area contributed by atoms with Crippen molar-refractivity contribution in [1.82, 2.24) is 0 Å². The quantitative estimate of drug-likeness (QED) is 0.644. The predicted octanol–water partition coefficient (Wildman–Crippen LogP) is 1.12. The van der Waals surface area contributed by atoms with Gasteiger partial charge in [-0.05, 0) is 25.0 Å². The van der Waals surface area contributed by atoms with Gasteiger partial charge < -0.3 is 9.52 Å². The maximum Gasteiger partial charge on any atom is 0.103 e. The van der Waals surface area contributed by atoms with Crippen LogP contribution in [-0.2, 0) is 6.42 Å². The van der Waals surface area contributed by atoms with E-state index in [1.807, 2.05) is 13.0 Å². The number of rotatable bonds is 2. The van der Waals surface area contributed by atoms with Gasteiger partial charge in [0.1, 0.15) is 5.76 Å². The third-order valence-corrected chi connectivity index (χ3v) is 1.35. The Balaban J connectivity index is 2.69. The second-order valence-electron chi connectivity index (χ2n) is 1.98. The Bertz CT molecular complexity index is 179. The fourth-order valence-corrected chi connectivity index (χ4v) is 0.791. The Morgan fingerprint density at radius 3 is 2.89 bits per heavy atom. The van der Waals surface area contributed by atoms with Crippen LogP contribution in [0.3, 0.4) is 0 Å². The zero-order valence-corrected chi connectivity index (χ0v) is 5.42. The van der Waals surface area contributed by atoms with Crippen molar-refractivity contribution in [3.8, 4) is 0 Å². The molecule has 9 heavy (non-hydrogen) atoms. The topological polar surface area (TPSA) is 33.4 Å². The molecule has 2 heteroatoms. The predicted molar refractivity (Wildman–Crippen MR) is 34.2 cm³/mol. The molecule has 0 amide bonds. The summed E-state index contributed by atoms with van der Waals surface area (Å²) >= 11 is 0. The molecule has 50 valence electrons. The lowest BCUT2D eigenvalue weighted by atomic mass is 10.2. The first-order valence-corrected chi connectivity index (χ1v) is 2.98.